The molecule has 0 saturated carbocycles. The molecule has 0 aromatic rings. The highest BCUT2D eigenvalue weighted by atomic mass is 16.6. The van der Waals surface area contributed by atoms with E-state index >= 15 is 0 Å². The minimum atomic E-state index is -0.520. The van der Waals surface area contributed by atoms with E-state index in [1.807, 2.05) is 0 Å². The summed E-state index contributed by atoms with van der Waals surface area (Å²) >= 11 is 0. The van der Waals surface area contributed by atoms with Gasteiger partial charge in [-0.25, -0.2) is 0 Å². The second-order valence-corrected chi connectivity index (χ2v) is 2.86. The van der Waals surface area contributed by atoms with Crippen LogP contribution in [0.5, 0.6) is 0 Å². The van der Waals surface area contributed by atoms with Crippen LogP contribution in [0.2, 0.25) is 0 Å². The van der Waals surface area contributed by atoms with E-state index in [1.54, 1.807) is 0 Å². The van der Waals surface area contributed by atoms with E-state index in [4.69, 9.17) is 9.47 Å². The van der Waals surface area contributed by atoms with Crippen LogP contribution in [0.3, 0.4) is 0 Å². The number of carbonyl (C=O) groups is 2. The number of carbonyl (C=O) groups excluding carboxylic acids is 2. The molecule has 5 heteroatoms. The maximum Gasteiger partial charge on any atom is 0.319 e. The molecule has 0 unspecified atom stereocenters. The molecule has 2 atom stereocenters. The second kappa shape index (κ2) is 4.34. The van der Waals surface area contributed by atoms with E-state index in [2.05, 4.69) is 4.74 Å². The lowest BCUT2D eigenvalue weighted by molar-refractivity contribution is -0.154. The fourth-order valence-electron chi connectivity index (χ4n) is 1.31. The van der Waals surface area contributed by atoms with Gasteiger partial charge in [0.05, 0.1) is 25.0 Å². The van der Waals surface area contributed by atoms with Crippen molar-refractivity contribution in [2.45, 2.75) is 0 Å². The number of esters is 2. The largest absolute Gasteiger partial charge is 0.393 e. The van der Waals surface area contributed by atoms with Crippen LogP contribution in [0.1, 0.15) is 0 Å². The molecule has 0 aromatic carbocycles. The zero-order valence-corrected chi connectivity index (χ0v) is 7.61. The summed E-state index contributed by atoms with van der Waals surface area (Å²) in [5.74, 6) is -2.07. The Bertz CT molecular complexity index is 191. The van der Waals surface area contributed by atoms with Crippen molar-refractivity contribution in [3.05, 3.63) is 0 Å². The van der Waals surface area contributed by atoms with Gasteiger partial charge in [0.2, 0.25) is 0 Å². The van der Waals surface area contributed by atoms with Crippen molar-refractivity contribution >= 4 is 11.9 Å². The first kappa shape index (κ1) is 10.1. The van der Waals surface area contributed by atoms with Gasteiger partial charge < -0.3 is 14.2 Å². The molecule has 0 N–H and O–H groups in total. The van der Waals surface area contributed by atoms with Gasteiger partial charge in [0.1, 0.15) is 0 Å². The molecular weight excluding hydrogens is 176 g/mol. The smallest absolute Gasteiger partial charge is 0.319 e. The third-order valence-corrected chi connectivity index (χ3v) is 1.98. The maximum atomic E-state index is 11.1. The van der Waals surface area contributed by atoms with Crippen molar-refractivity contribution in [1.82, 2.24) is 0 Å². The quantitative estimate of drug-likeness (QED) is 0.443. The topological polar surface area (TPSA) is 61.8 Å². The Morgan fingerprint density at radius 3 is 1.77 bits per heavy atom. The first-order valence-corrected chi connectivity index (χ1v) is 3.94. The molecule has 0 bridgehead atoms. The van der Waals surface area contributed by atoms with Crippen molar-refractivity contribution in [2.75, 3.05) is 27.4 Å². The summed E-state index contributed by atoms with van der Waals surface area (Å²) in [5.41, 5.74) is 0. The maximum absolute atomic E-state index is 11.1. The van der Waals surface area contributed by atoms with E-state index < -0.39 is 23.8 Å². The molecule has 0 amide bonds. The summed E-state index contributed by atoms with van der Waals surface area (Å²) in [6, 6.07) is 0. The van der Waals surface area contributed by atoms with Crippen molar-refractivity contribution in [2.24, 2.45) is 11.8 Å². The lowest BCUT2D eigenvalue weighted by Gasteiger charge is -2.10. The number of methoxy groups -OCH3 is 2. The third kappa shape index (κ3) is 2.05. The van der Waals surface area contributed by atoms with E-state index in [-0.39, 0.29) is 13.2 Å². The fourth-order valence-corrected chi connectivity index (χ4v) is 1.31. The predicted octanol–water partition coefficient (Wildman–Crippen LogP) is -0.405. The number of hydrogen-bond donors (Lipinski definition) is 0. The normalized spacial score (nSPS) is 27.8. The van der Waals surface area contributed by atoms with Gasteiger partial charge in [-0.15, -0.1) is 0 Å². The number of ether oxygens (including phenoxy) is 3. The minimum absolute atomic E-state index is 0.193. The molecule has 1 aliphatic heterocycles. The van der Waals surface area contributed by atoms with Crippen molar-refractivity contribution in [3.63, 3.8) is 0 Å². The van der Waals surface area contributed by atoms with Crippen molar-refractivity contribution in [3.8, 4) is 0 Å². The Balaban J connectivity index is 2.65. The van der Waals surface area contributed by atoms with Crippen LogP contribution in [-0.4, -0.2) is 39.4 Å². The van der Waals surface area contributed by atoms with Crippen LogP contribution in [0.4, 0.5) is 0 Å². The first-order chi connectivity index (χ1) is 6.20. The average Bonchev–Trinajstić information content (AvgIpc) is 2.33. The predicted molar refractivity (Wildman–Crippen MR) is 41.8 cm³/mol. The minimum Gasteiger partial charge on any atom is -0.393 e. The average molecular weight is 188 g/mol. The number of cyclic esters (lactones) is 2. The summed E-state index contributed by atoms with van der Waals surface area (Å²) < 4.78 is 14.1. The lowest BCUT2D eigenvalue weighted by atomic mass is 9.97. The Hall–Kier alpha value is -0.940. The Morgan fingerprint density at radius 2 is 1.46 bits per heavy atom. The molecule has 1 rings (SSSR count). The molecule has 1 saturated heterocycles. The molecule has 1 fully saturated rings. The molecular formula is C8H12O5. The monoisotopic (exact) mass is 188 g/mol. The molecule has 0 spiro atoms. The van der Waals surface area contributed by atoms with Crippen molar-refractivity contribution in [1.29, 1.82) is 0 Å². The molecule has 0 aliphatic carbocycles. The summed E-state index contributed by atoms with van der Waals surface area (Å²) in [6.07, 6.45) is 0. The van der Waals surface area contributed by atoms with Gasteiger partial charge in [0.25, 0.3) is 0 Å². The molecule has 74 valence electrons. The molecule has 1 heterocycles. The number of rotatable bonds is 4. The van der Waals surface area contributed by atoms with Gasteiger partial charge in [-0.3, -0.25) is 9.59 Å². The van der Waals surface area contributed by atoms with E-state index in [0.29, 0.717) is 0 Å². The molecule has 0 radical (unpaired) electrons. The molecule has 13 heavy (non-hydrogen) atoms. The Labute approximate surface area is 76.0 Å². The molecule has 5 nitrogen and oxygen atoms in total. The van der Waals surface area contributed by atoms with Crippen LogP contribution in [0, 0.1) is 11.8 Å². The third-order valence-electron chi connectivity index (χ3n) is 1.98. The van der Waals surface area contributed by atoms with Crippen LogP contribution < -0.4 is 0 Å². The van der Waals surface area contributed by atoms with E-state index in [0.717, 1.165) is 0 Å². The highest BCUT2D eigenvalue weighted by molar-refractivity contribution is 5.96. The zero-order valence-electron chi connectivity index (χ0n) is 7.61. The van der Waals surface area contributed by atoms with Gasteiger partial charge in [-0.1, -0.05) is 0 Å². The van der Waals surface area contributed by atoms with Gasteiger partial charge >= 0.3 is 11.9 Å². The molecule has 0 aromatic heterocycles. The van der Waals surface area contributed by atoms with E-state index in [9.17, 15) is 9.59 Å². The second-order valence-electron chi connectivity index (χ2n) is 2.86. The van der Waals surface area contributed by atoms with Crippen LogP contribution in [-0.2, 0) is 23.8 Å². The van der Waals surface area contributed by atoms with Gasteiger partial charge in [-0.2, -0.15) is 0 Å². The van der Waals surface area contributed by atoms with Gasteiger partial charge in [0, 0.05) is 14.2 Å². The summed E-state index contributed by atoms with van der Waals surface area (Å²) in [5, 5.41) is 0. The van der Waals surface area contributed by atoms with Gasteiger partial charge in [0.15, 0.2) is 0 Å². The van der Waals surface area contributed by atoms with Gasteiger partial charge in [-0.05, 0) is 0 Å². The van der Waals surface area contributed by atoms with Crippen LogP contribution >= 0.6 is 0 Å². The summed E-state index contributed by atoms with van der Waals surface area (Å²) in [7, 11) is 2.94. The Kier molecular flexibility index (Phi) is 3.39. The summed E-state index contributed by atoms with van der Waals surface area (Å²) in [4.78, 5) is 22.2. The fraction of sp³-hybridized carbons (Fsp3) is 0.750. The van der Waals surface area contributed by atoms with Crippen molar-refractivity contribution < 1.29 is 23.8 Å². The Morgan fingerprint density at radius 1 is 1.08 bits per heavy atom. The highest BCUT2D eigenvalue weighted by Crippen LogP contribution is 2.23. The van der Waals surface area contributed by atoms with Crippen LogP contribution in [0.15, 0.2) is 0 Å². The highest BCUT2D eigenvalue weighted by Gasteiger charge is 2.44. The lowest BCUT2D eigenvalue weighted by Crippen LogP contribution is -2.26. The van der Waals surface area contributed by atoms with Crippen LogP contribution in [0.25, 0.3) is 0 Å². The van der Waals surface area contributed by atoms with E-state index in [1.165, 1.54) is 14.2 Å². The molecule has 1 aliphatic rings. The standard InChI is InChI=1S/C8H12O5/c1-11-3-5-6(4-12-2)8(10)13-7(5)9/h5-6H,3-4H2,1-2H3/t5-,6-/m1/s1. The first-order valence-electron chi connectivity index (χ1n) is 3.94. The zero-order chi connectivity index (χ0) is 9.84. The summed E-state index contributed by atoms with van der Waals surface area (Å²) in [6.45, 7) is 0.386. The number of hydrogen-bond acceptors (Lipinski definition) is 5. The SMILES string of the molecule is COC[C@H]1C(=O)OC(=O)[C@@H]1COC.